The molecule has 0 aromatic carbocycles. The molecule has 0 heterocycles. The second-order valence-corrected chi connectivity index (χ2v) is 6.16. The molecule has 0 unspecified atom stereocenters. The Morgan fingerprint density at radius 2 is 1.75 bits per heavy atom. The van der Waals surface area contributed by atoms with Crippen molar-refractivity contribution in [3.8, 4) is 0 Å². The summed E-state index contributed by atoms with van der Waals surface area (Å²) in [6, 6.07) is 0. The van der Waals surface area contributed by atoms with Gasteiger partial charge >= 0.3 is 0 Å². The Morgan fingerprint density at radius 3 is 2.35 bits per heavy atom. The molecule has 20 heavy (non-hydrogen) atoms. The van der Waals surface area contributed by atoms with Crippen molar-refractivity contribution in [2.45, 2.75) is 71.3 Å². The summed E-state index contributed by atoms with van der Waals surface area (Å²) < 4.78 is 11.8. The fourth-order valence-electron chi connectivity index (χ4n) is 3.19. The molecule has 0 saturated heterocycles. The maximum absolute atomic E-state index is 6.26. The summed E-state index contributed by atoms with van der Waals surface area (Å²) in [5.74, 6) is 0.926. The highest BCUT2D eigenvalue weighted by Gasteiger charge is 2.35. The summed E-state index contributed by atoms with van der Waals surface area (Å²) in [6.07, 6.45) is 8.86. The first-order chi connectivity index (χ1) is 9.76. The Kier molecular flexibility index (Phi) is 9.49. The van der Waals surface area contributed by atoms with Crippen LogP contribution in [-0.2, 0) is 9.47 Å². The zero-order valence-electron chi connectivity index (χ0n) is 13.9. The van der Waals surface area contributed by atoms with Crippen molar-refractivity contribution in [2.24, 2.45) is 5.92 Å². The molecule has 0 amide bonds. The van der Waals surface area contributed by atoms with Crippen LogP contribution in [0.25, 0.3) is 0 Å². The predicted molar refractivity (Wildman–Crippen MR) is 85.2 cm³/mol. The summed E-state index contributed by atoms with van der Waals surface area (Å²) in [7, 11) is 0. The normalized spacial score (nSPS) is 26.9. The van der Waals surface area contributed by atoms with Gasteiger partial charge in [0.15, 0.2) is 0 Å². The van der Waals surface area contributed by atoms with Crippen LogP contribution in [0.5, 0.6) is 0 Å². The van der Waals surface area contributed by atoms with E-state index in [1.165, 1.54) is 38.5 Å². The van der Waals surface area contributed by atoms with Crippen molar-refractivity contribution < 1.29 is 9.47 Å². The molecule has 0 aromatic rings. The number of likely N-dealkylation sites (N-methyl/N-ethyl adjacent to an activating group) is 1. The lowest BCUT2D eigenvalue weighted by molar-refractivity contribution is -0.0927. The first kappa shape index (κ1) is 17.9. The fraction of sp³-hybridized carbons (Fsp3) is 1.00. The summed E-state index contributed by atoms with van der Waals surface area (Å²) in [5, 5.41) is 3.49. The van der Waals surface area contributed by atoms with Crippen LogP contribution in [0.2, 0.25) is 0 Å². The number of rotatable bonds is 11. The van der Waals surface area contributed by atoms with Crippen LogP contribution in [0.3, 0.4) is 0 Å². The summed E-state index contributed by atoms with van der Waals surface area (Å²) in [5.41, 5.74) is 0.0653. The molecule has 0 radical (unpaired) electrons. The number of ether oxygens (including phenoxy) is 2. The zero-order chi connectivity index (χ0) is 14.7. The highest BCUT2D eigenvalue weighted by Crippen LogP contribution is 2.36. The van der Waals surface area contributed by atoms with Gasteiger partial charge in [0, 0.05) is 13.2 Å². The Bertz CT molecular complexity index is 225. The van der Waals surface area contributed by atoms with Gasteiger partial charge < -0.3 is 14.8 Å². The Hall–Kier alpha value is -0.120. The molecular weight excluding hydrogens is 250 g/mol. The molecule has 3 nitrogen and oxygen atoms in total. The van der Waals surface area contributed by atoms with Crippen LogP contribution in [0.15, 0.2) is 0 Å². The maximum atomic E-state index is 6.26. The largest absolute Gasteiger partial charge is 0.379 e. The smallest absolute Gasteiger partial charge is 0.0807 e. The molecule has 0 aliphatic heterocycles. The van der Waals surface area contributed by atoms with Gasteiger partial charge in [-0.3, -0.25) is 0 Å². The first-order valence-corrected chi connectivity index (χ1v) is 8.68. The Labute approximate surface area is 125 Å². The molecule has 0 spiro atoms. The maximum Gasteiger partial charge on any atom is 0.0807 e. The van der Waals surface area contributed by atoms with Gasteiger partial charge in [-0.25, -0.2) is 0 Å². The van der Waals surface area contributed by atoms with E-state index in [0.717, 1.165) is 45.2 Å². The SMILES string of the molecule is CCCOCCOC1(CNCC)CCC(CCC)CC1. The quantitative estimate of drug-likeness (QED) is 0.586. The van der Waals surface area contributed by atoms with E-state index in [9.17, 15) is 0 Å². The first-order valence-electron chi connectivity index (χ1n) is 8.68. The van der Waals surface area contributed by atoms with E-state index >= 15 is 0 Å². The third-order valence-electron chi connectivity index (χ3n) is 4.39. The van der Waals surface area contributed by atoms with E-state index in [-0.39, 0.29) is 5.60 Å². The lowest BCUT2D eigenvalue weighted by Crippen LogP contribution is -2.46. The van der Waals surface area contributed by atoms with Gasteiger partial charge in [0.1, 0.15) is 0 Å². The number of hydrogen-bond donors (Lipinski definition) is 1. The van der Waals surface area contributed by atoms with Crippen molar-refractivity contribution in [1.29, 1.82) is 0 Å². The average Bonchev–Trinajstić information content (AvgIpc) is 2.48. The highest BCUT2D eigenvalue weighted by molar-refractivity contribution is 4.89. The van der Waals surface area contributed by atoms with Crippen molar-refractivity contribution in [1.82, 2.24) is 5.32 Å². The molecule has 1 fully saturated rings. The minimum absolute atomic E-state index is 0.0653. The molecule has 0 atom stereocenters. The molecule has 0 aromatic heterocycles. The van der Waals surface area contributed by atoms with Gasteiger partial charge in [0.2, 0.25) is 0 Å². The van der Waals surface area contributed by atoms with Crippen LogP contribution in [0.1, 0.15) is 65.7 Å². The van der Waals surface area contributed by atoms with E-state index in [0.29, 0.717) is 0 Å². The standard InChI is InChI=1S/C17H35NO2/c1-4-7-16-8-10-17(11-9-16,15-18-6-3)20-14-13-19-12-5-2/h16,18H,4-15H2,1-3H3. The van der Waals surface area contributed by atoms with Crippen LogP contribution < -0.4 is 5.32 Å². The van der Waals surface area contributed by atoms with Gasteiger partial charge in [-0.1, -0.05) is 33.6 Å². The summed E-state index contributed by atoms with van der Waals surface area (Å²) in [6.45, 7) is 10.9. The zero-order valence-corrected chi connectivity index (χ0v) is 13.9. The molecule has 1 aliphatic rings. The minimum Gasteiger partial charge on any atom is -0.379 e. The molecule has 3 heteroatoms. The number of hydrogen-bond acceptors (Lipinski definition) is 3. The monoisotopic (exact) mass is 285 g/mol. The van der Waals surface area contributed by atoms with Crippen LogP contribution in [0.4, 0.5) is 0 Å². The van der Waals surface area contributed by atoms with Crippen LogP contribution in [-0.4, -0.2) is 38.5 Å². The Balaban J connectivity index is 2.34. The molecule has 120 valence electrons. The molecule has 1 N–H and O–H groups in total. The molecule has 1 rings (SSSR count). The highest BCUT2D eigenvalue weighted by atomic mass is 16.5. The second kappa shape index (κ2) is 10.6. The lowest BCUT2D eigenvalue weighted by atomic mass is 9.77. The van der Waals surface area contributed by atoms with E-state index in [4.69, 9.17) is 9.47 Å². The molecule has 0 bridgehead atoms. The average molecular weight is 285 g/mol. The van der Waals surface area contributed by atoms with E-state index < -0.39 is 0 Å². The molecule has 1 saturated carbocycles. The summed E-state index contributed by atoms with van der Waals surface area (Å²) in [4.78, 5) is 0. The fourth-order valence-corrected chi connectivity index (χ4v) is 3.19. The van der Waals surface area contributed by atoms with E-state index in [2.05, 4.69) is 26.1 Å². The topological polar surface area (TPSA) is 30.5 Å². The lowest BCUT2D eigenvalue weighted by Gasteiger charge is -2.40. The second-order valence-electron chi connectivity index (χ2n) is 6.16. The third kappa shape index (κ3) is 6.55. The van der Waals surface area contributed by atoms with Crippen molar-refractivity contribution in [3.05, 3.63) is 0 Å². The summed E-state index contributed by atoms with van der Waals surface area (Å²) >= 11 is 0. The molecule has 1 aliphatic carbocycles. The van der Waals surface area contributed by atoms with Gasteiger partial charge in [-0.05, 0) is 44.6 Å². The van der Waals surface area contributed by atoms with Gasteiger partial charge in [0.05, 0.1) is 18.8 Å². The minimum atomic E-state index is 0.0653. The van der Waals surface area contributed by atoms with Crippen molar-refractivity contribution in [3.63, 3.8) is 0 Å². The van der Waals surface area contributed by atoms with E-state index in [1.54, 1.807) is 0 Å². The third-order valence-corrected chi connectivity index (χ3v) is 4.39. The predicted octanol–water partition coefficient (Wildman–Crippen LogP) is 3.77. The van der Waals surface area contributed by atoms with E-state index in [1.807, 2.05) is 0 Å². The van der Waals surface area contributed by atoms with Crippen molar-refractivity contribution >= 4 is 0 Å². The van der Waals surface area contributed by atoms with Crippen LogP contribution >= 0.6 is 0 Å². The van der Waals surface area contributed by atoms with Crippen molar-refractivity contribution in [2.75, 3.05) is 32.9 Å². The van der Waals surface area contributed by atoms with Gasteiger partial charge in [0.25, 0.3) is 0 Å². The van der Waals surface area contributed by atoms with Gasteiger partial charge in [-0.2, -0.15) is 0 Å². The molecular formula is C17H35NO2. The van der Waals surface area contributed by atoms with Crippen LogP contribution in [0, 0.1) is 5.92 Å². The Morgan fingerprint density at radius 1 is 1.00 bits per heavy atom. The number of nitrogens with one attached hydrogen (secondary N) is 1. The van der Waals surface area contributed by atoms with Gasteiger partial charge in [-0.15, -0.1) is 0 Å².